The van der Waals surface area contributed by atoms with Crippen molar-refractivity contribution in [2.75, 3.05) is 11.9 Å². The van der Waals surface area contributed by atoms with Crippen LogP contribution in [0.5, 0.6) is 0 Å². The van der Waals surface area contributed by atoms with Crippen molar-refractivity contribution in [1.82, 2.24) is 10.3 Å². The number of amides is 1. The Morgan fingerprint density at radius 1 is 1.26 bits per heavy atom. The Morgan fingerprint density at radius 3 is 2.37 bits per heavy atom. The number of nitrogens with one attached hydrogen (secondary N) is 2. The summed E-state index contributed by atoms with van der Waals surface area (Å²) < 4.78 is 0. The zero-order valence-corrected chi connectivity index (χ0v) is 13.6. The van der Waals surface area contributed by atoms with Crippen LogP contribution in [0.2, 0.25) is 0 Å². The second-order valence-electron chi connectivity index (χ2n) is 6.76. The first-order chi connectivity index (χ1) is 8.58. The summed E-state index contributed by atoms with van der Waals surface area (Å²) in [6.45, 7) is 13.3. The highest BCUT2D eigenvalue weighted by Crippen LogP contribution is 2.26. The van der Waals surface area contributed by atoms with Crippen LogP contribution in [0.25, 0.3) is 0 Å². The largest absolute Gasteiger partial charge is 0.312 e. The molecule has 1 heterocycles. The Labute approximate surface area is 120 Å². The lowest BCUT2D eigenvalue weighted by atomic mass is 9.93. The number of hydrogen-bond acceptors (Lipinski definition) is 4. The first-order valence-corrected chi connectivity index (χ1v) is 7.47. The van der Waals surface area contributed by atoms with Crippen LogP contribution in [0.15, 0.2) is 5.38 Å². The zero-order valence-electron chi connectivity index (χ0n) is 12.8. The SMILES string of the molecule is CC(C)(C)NCCC(=O)Nc1nc(C(C)(C)C)cs1. The standard InChI is InChI=1S/C14H25N3OS/c1-13(2,3)10-9-19-12(16-10)17-11(18)7-8-15-14(4,5)6/h9,15H,7-8H2,1-6H3,(H,16,17,18). The molecule has 0 atom stereocenters. The van der Waals surface area contributed by atoms with Crippen molar-refractivity contribution in [2.24, 2.45) is 0 Å². The van der Waals surface area contributed by atoms with E-state index in [9.17, 15) is 4.79 Å². The van der Waals surface area contributed by atoms with E-state index < -0.39 is 0 Å². The Hall–Kier alpha value is -0.940. The summed E-state index contributed by atoms with van der Waals surface area (Å²) in [5, 5.41) is 8.83. The van der Waals surface area contributed by atoms with E-state index in [4.69, 9.17) is 0 Å². The monoisotopic (exact) mass is 283 g/mol. The van der Waals surface area contributed by atoms with Gasteiger partial charge in [-0.3, -0.25) is 4.79 Å². The third kappa shape index (κ3) is 6.16. The molecule has 1 rings (SSSR count). The normalized spacial score (nSPS) is 12.5. The van der Waals surface area contributed by atoms with Crippen molar-refractivity contribution < 1.29 is 4.79 Å². The van der Waals surface area contributed by atoms with Gasteiger partial charge in [-0.05, 0) is 20.8 Å². The average molecular weight is 283 g/mol. The average Bonchev–Trinajstić information content (AvgIpc) is 2.63. The summed E-state index contributed by atoms with van der Waals surface area (Å²) in [6, 6.07) is 0. The molecule has 108 valence electrons. The molecule has 0 saturated heterocycles. The lowest BCUT2D eigenvalue weighted by Gasteiger charge is -2.20. The van der Waals surface area contributed by atoms with Crippen LogP contribution in [-0.4, -0.2) is 23.0 Å². The smallest absolute Gasteiger partial charge is 0.227 e. The molecule has 0 saturated carbocycles. The van der Waals surface area contributed by atoms with Gasteiger partial charge in [0, 0.05) is 29.3 Å². The Balaban J connectivity index is 2.43. The molecule has 2 N–H and O–H groups in total. The maximum Gasteiger partial charge on any atom is 0.227 e. The van der Waals surface area contributed by atoms with Gasteiger partial charge in [-0.25, -0.2) is 4.98 Å². The molecule has 0 aliphatic heterocycles. The molecule has 0 aliphatic rings. The number of anilines is 1. The Kier molecular flexibility index (Phi) is 5.10. The fraction of sp³-hybridized carbons (Fsp3) is 0.714. The number of hydrogen-bond donors (Lipinski definition) is 2. The van der Waals surface area contributed by atoms with Gasteiger partial charge in [-0.15, -0.1) is 11.3 Å². The highest BCUT2D eigenvalue weighted by molar-refractivity contribution is 7.13. The van der Waals surface area contributed by atoms with Gasteiger partial charge >= 0.3 is 0 Å². The van der Waals surface area contributed by atoms with Gasteiger partial charge < -0.3 is 10.6 Å². The molecule has 1 aromatic rings. The van der Waals surface area contributed by atoms with Crippen LogP contribution in [0.1, 0.15) is 53.7 Å². The fourth-order valence-corrected chi connectivity index (χ4v) is 2.36. The van der Waals surface area contributed by atoms with Crippen LogP contribution >= 0.6 is 11.3 Å². The predicted molar refractivity (Wildman–Crippen MR) is 81.8 cm³/mol. The molecule has 0 bridgehead atoms. The second-order valence-corrected chi connectivity index (χ2v) is 7.62. The minimum atomic E-state index is 0.00607. The maximum absolute atomic E-state index is 11.8. The number of carbonyl (C=O) groups excluding carboxylic acids is 1. The molecule has 0 aromatic carbocycles. The molecule has 4 nitrogen and oxygen atoms in total. The molecule has 0 radical (unpaired) electrons. The molecule has 0 fully saturated rings. The minimum Gasteiger partial charge on any atom is -0.312 e. The van der Waals surface area contributed by atoms with Gasteiger partial charge in [0.25, 0.3) is 0 Å². The van der Waals surface area contributed by atoms with E-state index in [1.54, 1.807) is 0 Å². The van der Waals surface area contributed by atoms with E-state index in [2.05, 4.69) is 57.2 Å². The summed E-state index contributed by atoms with van der Waals surface area (Å²) >= 11 is 1.48. The van der Waals surface area contributed by atoms with Gasteiger partial charge in [-0.1, -0.05) is 20.8 Å². The molecule has 5 heteroatoms. The van der Waals surface area contributed by atoms with Crippen molar-refractivity contribution in [3.05, 3.63) is 11.1 Å². The van der Waals surface area contributed by atoms with E-state index in [1.165, 1.54) is 11.3 Å². The predicted octanol–water partition coefficient (Wildman–Crippen LogP) is 3.16. The highest BCUT2D eigenvalue weighted by Gasteiger charge is 2.18. The van der Waals surface area contributed by atoms with Gasteiger partial charge in [0.1, 0.15) is 0 Å². The second kappa shape index (κ2) is 6.01. The van der Waals surface area contributed by atoms with Crippen LogP contribution < -0.4 is 10.6 Å². The lowest BCUT2D eigenvalue weighted by molar-refractivity contribution is -0.116. The first kappa shape index (κ1) is 16.1. The molecule has 0 aliphatic carbocycles. The van der Waals surface area contributed by atoms with Crippen LogP contribution in [0.4, 0.5) is 5.13 Å². The number of carbonyl (C=O) groups is 1. The van der Waals surface area contributed by atoms with Crippen molar-refractivity contribution in [3.8, 4) is 0 Å². The summed E-state index contributed by atoms with van der Waals surface area (Å²) in [7, 11) is 0. The van der Waals surface area contributed by atoms with Crippen molar-refractivity contribution in [1.29, 1.82) is 0 Å². The summed E-state index contributed by atoms with van der Waals surface area (Å²) in [5.74, 6) is 0.00607. The van der Waals surface area contributed by atoms with E-state index in [-0.39, 0.29) is 16.9 Å². The van der Waals surface area contributed by atoms with E-state index in [1.807, 2.05) is 5.38 Å². The first-order valence-electron chi connectivity index (χ1n) is 6.59. The third-order valence-electron chi connectivity index (χ3n) is 2.53. The quantitative estimate of drug-likeness (QED) is 0.892. The zero-order chi connectivity index (χ0) is 14.7. The third-order valence-corrected chi connectivity index (χ3v) is 3.28. The van der Waals surface area contributed by atoms with Crippen LogP contribution in [0, 0.1) is 0 Å². The number of aromatic nitrogens is 1. The summed E-state index contributed by atoms with van der Waals surface area (Å²) in [6.07, 6.45) is 0.460. The molecule has 1 amide bonds. The molecule has 1 aromatic heterocycles. The van der Waals surface area contributed by atoms with Crippen molar-refractivity contribution >= 4 is 22.4 Å². The topological polar surface area (TPSA) is 54.0 Å². The maximum atomic E-state index is 11.8. The molecular formula is C14H25N3OS. The molecule has 0 unspecified atom stereocenters. The van der Waals surface area contributed by atoms with Gasteiger partial charge in [-0.2, -0.15) is 0 Å². The van der Waals surface area contributed by atoms with Gasteiger partial charge in [0.05, 0.1) is 5.69 Å². The molecule has 0 spiro atoms. The number of thiazole rings is 1. The highest BCUT2D eigenvalue weighted by atomic mass is 32.1. The van der Waals surface area contributed by atoms with E-state index in [0.717, 1.165) is 5.69 Å². The Morgan fingerprint density at radius 2 is 1.89 bits per heavy atom. The number of nitrogens with zero attached hydrogens (tertiary/aromatic N) is 1. The summed E-state index contributed by atoms with van der Waals surface area (Å²) in [4.78, 5) is 16.2. The van der Waals surface area contributed by atoms with Crippen LogP contribution in [-0.2, 0) is 10.2 Å². The lowest BCUT2D eigenvalue weighted by Crippen LogP contribution is -2.37. The summed E-state index contributed by atoms with van der Waals surface area (Å²) in [5.41, 5.74) is 1.08. The van der Waals surface area contributed by atoms with Crippen molar-refractivity contribution in [3.63, 3.8) is 0 Å². The van der Waals surface area contributed by atoms with E-state index >= 15 is 0 Å². The Bertz CT molecular complexity index is 427. The van der Waals surface area contributed by atoms with E-state index in [0.29, 0.717) is 18.1 Å². The van der Waals surface area contributed by atoms with Crippen molar-refractivity contribution in [2.45, 2.75) is 58.9 Å². The number of rotatable bonds is 4. The van der Waals surface area contributed by atoms with Crippen LogP contribution in [0.3, 0.4) is 0 Å². The molecule has 19 heavy (non-hydrogen) atoms. The minimum absolute atomic E-state index is 0.00607. The molecular weight excluding hydrogens is 258 g/mol. The van der Waals surface area contributed by atoms with Gasteiger partial charge in [0.2, 0.25) is 5.91 Å². The van der Waals surface area contributed by atoms with Gasteiger partial charge in [0.15, 0.2) is 5.13 Å². The fourth-order valence-electron chi connectivity index (χ4n) is 1.41.